The Kier molecular flexibility index (Phi) is 6.76. The van der Waals surface area contributed by atoms with Crippen LogP contribution in [0.2, 0.25) is 5.02 Å². The second kappa shape index (κ2) is 9.46. The molecule has 0 unspecified atom stereocenters. The highest BCUT2D eigenvalue weighted by molar-refractivity contribution is 6.30. The van der Waals surface area contributed by atoms with Crippen molar-refractivity contribution in [3.8, 4) is 5.75 Å². The largest absolute Gasteiger partial charge is 0.482 e. The predicted molar refractivity (Wildman–Crippen MR) is 108 cm³/mol. The summed E-state index contributed by atoms with van der Waals surface area (Å²) in [4.78, 5) is 28.0. The van der Waals surface area contributed by atoms with Crippen molar-refractivity contribution in [3.63, 3.8) is 0 Å². The first-order chi connectivity index (χ1) is 13.5. The van der Waals surface area contributed by atoms with Crippen molar-refractivity contribution in [3.05, 3.63) is 59.1 Å². The molecule has 2 aromatic carbocycles. The number of nitrogens with zero attached hydrogens (tertiary/aromatic N) is 2. The Bertz CT molecular complexity index is 835. The number of hydrogen-bond donors (Lipinski definition) is 0. The molecule has 2 aromatic rings. The Morgan fingerprint density at radius 3 is 2.46 bits per heavy atom. The van der Waals surface area contributed by atoms with E-state index in [1.165, 1.54) is 0 Å². The van der Waals surface area contributed by atoms with Crippen molar-refractivity contribution in [1.29, 1.82) is 0 Å². The van der Waals surface area contributed by atoms with Crippen LogP contribution in [0.25, 0.3) is 0 Å². The molecule has 1 fully saturated rings. The zero-order valence-corrected chi connectivity index (χ0v) is 16.5. The molecule has 0 aromatic heterocycles. The summed E-state index contributed by atoms with van der Waals surface area (Å²) in [5, 5.41) is 0.691. The molecule has 0 aliphatic carbocycles. The second-order valence-electron chi connectivity index (χ2n) is 6.56. The Morgan fingerprint density at radius 2 is 1.75 bits per heavy atom. The van der Waals surface area contributed by atoms with Gasteiger partial charge < -0.3 is 19.3 Å². The number of para-hydroxylation sites is 1. The number of hydrogen-bond acceptors (Lipinski definition) is 5. The SMILES string of the molecule is Cc1ccccc1OCC(=O)OCC(=O)N1CCN(c2cccc(Cl)c2)CC1. The van der Waals surface area contributed by atoms with Crippen molar-refractivity contribution < 1.29 is 19.1 Å². The molecule has 6 nitrogen and oxygen atoms in total. The van der Waals surface area contributed by atoms with E-state index in [-0.39, 0.29) is 19.1 Å². The summed E-state index contributed by atoms with van der Waals surface area (Å²) in [5.74, 6) is -0.132. The molecule has 1 aliphatic rings. The molecule has 1 saturated heterocycles. The first kappa shape index (κ1) is 20.0. The van der Waals surface area contributed by atoms with Crippen molar-refractivity contribution in [2.75, 3.05) is 44.3 Å². The van der Waals surface area contributed by atoms with Gasteiger partial charge in [0.1, 0.15) is 5.75 Å². The second-order valence-corrected chi connectivity index (χ2v) is 7.00. The van der Waals surface area contributed by atoms with Crippen LogP contribution in [0.4, 0.5) is 5.69 Å². The summed E-state index contributed by atoms with van der Waals surface area (Å²) >= 11 is 6.04. The molecule has 1 amide bonds. The van der Waals surface area contributed by atoms with Crippen molar-refractivity contribution >= 4 is 29.2 Å². The summed E-state index contributed by atoms with van der Waals surface area (Å²) in [6.07, 6.45) is 0. The first-order valence-corrected chi connectivity index (χ1v) is 9.53. The van der Waals surface area contributed by atoms with Gasteiger partial charge in [0.25, 0.3) is 5.91 Å². The number of rotatable bonds is 6. The van der Waals surface area contributed by atoms with Gasteiger partial charge in [-0.3, -0.25) is 4.79 Å². The van der Waals surface area contributed by atoms with Crippen LogP contribution >= 0.6 is 11.6 Å². The van der Waals surface area contributed by atoms with E-state index in [9.17, 15) is 9.59 Å². The minimum absolute atomic E-state index is 0.199. The van der Waals surface area contributed by atoms with Crippen molar-refractivity contribution in [2.24, 2.45) is 0 Å². The third-order valence-corrected chi connectivity index (χ3v) is 4.84. The Morgan fingerprint density at radius 1 is 1.00 bits per heavy atom. The number of aryl methyl sites for hydroxylation is 1. The third kappa shape index (κ3) is 5.39. The first-order valence-electron chi connectivity index (χ1n) is 9.15. The van der Waals surface area contributed by atoms with E-state index in [1.54, 1.807) is 11.0 Å². The van der Waals surface area contributed by atoms with Crippen LogP contribution in [-0.4, -0.2) is 56.2 Å². The number of carbonyl (C=O) groups is 2. The van der Waals surface area contributed by atoms with Crippen LogP contribution in [0.15, 0.2) is 48.5 Å². The van der Waals surface area contributed by atoms with Gasteiger partial charge >= 0.3 is 5.97 Å². The van der Waals surface area contributed by atoms with Crippen molar-refractivity contribution in [2.45, 2.75) is 6.92 Å². The quantitative estimate of drug-likeness (QED) is 0.695. The molecule has 0 spiro atoms. The van der Waals surface area contributed by atoms with Gasteiger partial charge in [0.15, 0.2) is 13.2 Å². The van der Waals surface area contributed by atoms with Gasteiger partial charge in [-0.2, -0.15) is 0 Å². The summed E-state index contributed by atoms with van der Waals surface area (Å²) in [7, 11) is 0. The highest BCUT2D eigenvalue weighted by atomic mass is 35.5. The van der Waals surface area contributed by atoms with E-state index in [2.05, 4.69) is 4.90 Å². The van der Waals surface area contributed by atoms with Gasteiger partial charge in [0.2, 0.25) is 0 Å². The summed E-state index contributed by atoms with van der Waals surface area (Å²) in [6.45, 7) is 3.96. The fourth-order valence-electron chi connectivity index (χ4n) is 3.02. The molecule has 0 atom stereocenters. The zero-order valence-electron chi connectivity index (χ0n) is 15.8. The molecule has 0 radical (unpaired) electrons. The number of anilines is 1. The maximum Gasteiger partial charge on any atom is 0.344 e. The smallest absolute Gasteiger partial charge is 0.344 e. The lowest BCUT2D eigenvalue weighted by Gasteiger charge is -2.36. The normalized spacial score (nSPS) is 13.9. The van der Waals surface area contributed by atoms with Crippen LogP contribution in [-0.2, 0) is 14.3 Å². The third-order valence-electron chi connectivity index (χ3n) is 4.60. The monoisotopic (exact) mass is 402 g/mol. The standard InChI is InChI=1S/C21H23ClN2O4/c1-16-5-2-3-8-19(16)27-15-21(26)28-14-20(25)24-11-9-23(10-12-24)18-7-4-6-17(22)13-18/h2-8,13H,9-12,14-15H2,1H3. The zero-order chi connectivity index (χ0) is 19.9. The fraction of sp³-hybridized carbons (Fsp3) is 0.333. The molecule has 7 heteroatoms. The molecule has 0 saturated carbocycles. The average molecular weight is 403 g/mol. The van der Waals surface area contributed by atoms with Crippen LogP contribution in [0.1, 0.15) is 5.56 Å². The molecule has 28 heavy (non-hydrogen) atoms. The van der Waals surface area contributed by atoms with Crippen LogP contribution in [0, 0.1) is 6.92 Å². The number of amides is 1. The topological polar surface area (TPSA) is 59.1 Å². The van der Waals surface area contributed by atoms with E-state index in [0.29, 0.717) is 37.0 Å². The van der Waals surface area contributed by atoms with Crippen LogP contribution < -0.4 is 9.64 Å². The number of halogens is 1. The van der Waals surface area contributed by atoms with E-state index in [4.69, 9.17) is 21.1 Å². The van der Waals surface area contributed by atoms with Gasteiger partial charge in [-0.1, -0.05) is 35.9 Å². The fourth-order valence-corrected chi connectivity index (χ4v) is 3.20. The van der Waals surface area contributed by atoms with Crippen LogP contribution in [0.3, 0.4) is 0 Å². The highest BCUT2D eigenvalue weighted by Crippen LogP contribution is 2.21. The summed E-state index contributed by atoms with van der Waals surface area (Å²) < 4.78 is 10.5. The van der Waals surface area contributed by atoms with Gasteiger partial charge in [-0.05, 0) is 36.8 Å². The van der Waals surface area contributed by atoms with E-state index < -0.39 is 5.97 Å². The van der Waals surface area contributed by atoms with Crippen LogP contribution in [0.5, 0.6) is 5.75 Å². The number of esters is 1. The van der Waals surface area contributed by atoms with E-state index in [1.807, 2.05) is 49.4 Å². The van der Waals surface area contributed by atoms with Gasteiger partial charge in [-0.15, -0.1) is 0 Å². The molecule has 1 heterocycles. The predicted octanol–water partition coefficient (Wildman–Crippen LogP) is 2.92. The Hall–Kier alpha value is -2.73. The Labute approximate surface area is 169 Å². The molecular weight excluding hydrogens is 380 g/mol. The minimum Gasteiger partial charge on any atom is -0.482 e. The summed E-state index contributed by atoms with van der Waals surface area (Å²) in [6, 6.07) is 15.1. The van der Waals surface area contributed by atoms with E-state index >= 15 is 0 Å². The highest BCUT2D eigenvalue weighted by Gasteiger charge is 2.22. The lowest BCUT2D eigenvalue weighted by atomic mass is 10.2. The molecular formula is C21H23ClN2O4. The molecule has 0 bridgehead atoms. The number of benzene rings is 2. The molecule has 148 valence electrons. The lowest BCUT2D eigenvalue weighted by Crippen LogP contribution is -2.50. The molecule has 3 rings (SSSR count). The van der Waals surface area contributed by atoms with Gasteiger partial charge in [-0.25, -0.2) is 4.79 Å². The van der Waals surface area contributed by atoms with Gasteiger partial charge in [0, 0.05) is 36.9 Å². The number of carbonyl (C=O) groups excluding carboxylic acids is 2. The molecule has 1 aliphatic heterocycles. The van der Waals surface area contributed by atoms with Gasteiger partial charge in [0.05, 0.1) is 0 Å². The summed E-state index contributed by atoms with van der Waals surface area (Å²) in [5.41, 5.74) is 1.98. The number of ether oxygens (including phenoxy) is 2. The average Bonchev–Trinajstić information content (AvgIpc) is 2.71. The minimum atomic E-state index is -0.561. The van der Waals surface area contributed by atoms with E-state index in [0.717, 1.165) is 11.3 Å². The Balaban J connectivity index is 1.39. The lowest BCUT2D eigenvalue weighted by molar-refractivity contribution is -0.153. The number of piperazine rings is 1. The maximum atomic E-state index is 12.3. The van der Waals surface area contributed by atoms with Crippen molar-refractivity contribution in [1.82, 2.24) is 4.90 Å². The molecule has 0 N–H and O–H groups in total. The maximum absolute atomic E-state index is 12.3.